The van der Waals surface area contributed by atoms with Gasteiger partial charge in [0.1, 0.15) is 12.3 Å². The first-order valence-corrected chi connectivity index (χ1v) is 3.51. The fourth-order valence-electron chi connectivity index (χ4n) is 1.08. The summed E-state index contributed by atoms with van der Waals surface area (Å²) in [7, 11) is 0. The summed E-state index contributed by atoms with van der Waals surface area (Å²) < 4.78 is 17.3. The Morgan fingerprint density at radius 2 is 2.33 bits per heavy atom. The lowest BCUT2D eigenvalue weighted by Gasteiger charge is -2.25. The summed E-state index contributed by atoms with van der Waals surface area (Å²) in [5.41, 5.74) is 4.74. The van der Waals surface area contributed by atoms with Crippen LogP contribution in [0.5, 0.6) is 0 Å². The third-order valence-corrected chi connectivity index (χ3v) is 1.62. The van der Waals surface area contributed by atoms with Crippen LogP contribution in [-0.2, 0) is 4.74 Å². The van der Waals surface area contributed by atoms with E-state index in [4.69, 9.17) is 5.73 Å². The highest BCUT2D eigenvalue weighted by molar-refractivity contribution is 5.85. The molecule has 4 nitrogen and oxygen atoms in total. The lowest BCUT2D eigenvalue weighted by molar-refractivity contribution is 0.0318. The Hall–Kier alpha value is -0.550. The molecule has 2 unspecified atom stereocenters. The Kier molecular flexibility index (Phi) is 4.92. The summed E-state index contributed by atoms with van der Waals surface area (Å²) in [6, 6.07) is 0. The number of alkyl halides is 1. The third-order valence-electron chi connectivity index (χ3n) is 1.62. The molecule has 12 heavy (non-hydrogen) atoms. The maximum Gasteiger partial charge on any atom is 0.404 e. The zero-order valence-electron chi connectivity index (χ0n) is 6.46. The van der Waals surface area contributed by atoms with Gasteiger partial charge in [0, 0.05) is 6.54 Å². The van der Waals surface area contributed by atoms with Crippen molar-refractivity contribution in [2.24, 2.45) is 5.73 Å². The van der Waals surface area contributed by atoms with Gasteiger partial charge in [0.25, 0.3) is 0 Å². The summed E-state index contributed by atoms with van der Waals surface area (Å²) in [6.45, 7) is 0.899. The van der Waals surface area contributed by atoms with Gasteiger partial charge < -0.3 is 15.8 Å². The maximum absolute atomic E-state index is 12.8. The standard InChI is InChI=1S/C6H11FN2O2.ClH/c7-4-3-9-2-1-5(4)11-6(8)10;/h4-5,9H,1-3H2,(H2,8,10);1H. The average molecular weight is 199 g/mol. The highest BCUT2D eigenvalue weighted by Crippen LogP contribution is 2.10. The number of primary amides is 1. The van der Waals surface area contributed by atoms with Crippen LogP contribution in [0.25, 0.3) is 0 Å². The minimum Gasteiger partial charge on any atom is -0.443 e. The molecule has 1 fully saturated rings. The molecule has 1 heterocycles. The molecule has 1 saturated heterocycles. The normalized spacial score (nSPS) is 28.8. The zero-order chi connectivity index (χ0) is 8.27. The second kappa shape index (κ2) is 5.16. The number of ether oxygens (including phenoxy) is 1. The van der Waals surface area contributed by atoms with Gasteiger partial charge in [-0.25, -0.2) is 9.18 Å². The summed E-state index contributed by atoms with van der Waals surface area (Å²) in [6.07, 6.45) is -2.20. The van der Waals surface area contributed by atoms with Crippen molar-refractivity contribution in [3.63, 3.8) is 0 Å². The Bertz CT molecular complexity index is 158. The average Bonchev–Trinajstić information content (AvgIpc) is 1.93. The molecule has 0 aliphatic carbocycles. The molecule has 1 amide bonds. The van der Waals surface area contributed by atoms with Crippen LogP contribution in [0.4, 0.5) is 9.18 Å². The highest BCUT2D eigenvalue weighted by Gasteiger charge is 2.26. The van der Waals surface area contributed by atoms with E-state index in [9.17, 15) is 9.18 Å². The monoisotopic (exact) mass is 198 g/mol. The van der Waals surface area contributed by atoms with Gasteiger partial charge >= 0.3 is 6.09 Å². The van der Waals surface area contributed by atoms with Crippen molar-refractivity contribution >= 4 is 18.5 Å². The van der Waals surface area contributed by atoms with E-state index in [0.29, 0.717) is 13.0 Å². The maximum atomic E-state index is 12.8. The smallest absolute Gasteiger partial charge is 0.404 e. The van der Waals surface area contributed by atoms with E-state index >= 15 is 0 Å². The number of piperidine rings is 1. The predicted octanol–water partition coefficient (Wildman–Crippen LogP) is 0.204. The van der Waals surface area contributed by atoms with Crippen molar-refractivity contribution in [3.05, 3.63) is 0 Å². The number of rotatable bonds is 1. The fourth-order valence-corrected chi connectivity index (χ4v) is 1.08. The van der Waals surface area contributed by atoms with Crippen LogP contribution in [0.3, 0.4) is 0 Å². The van der Waals surface area contributed by atoms with Gasteiger partial charge in [-0.1, -0.05) is 0 Å². The topological polar surface area (TPSA) is 64.4 Å². The highest BCUT2D eigenvalue weighted by atomic mass is 35.5. The SMILES string of the molecule is Cl.NC(=O)OC1CCNCC1F. The van der Waals surface area contributed by atoms with Gasteiger partial charge in [-0.05, 0) is 13.0 Å². The number of nitrogens with one attached hydrogen (secondary N) is 1. The molecule has 0 saturated carbocycles. The van der Waals surface area contributed by atoms with E-state index in [1.165, 1.54) is 0 Å². The van der Waals surface area contributed by atoms with Gasteiger partial charge in [0.2, 0.25) is 0 Å². The first-order chi connectivity index (χ1) is 5.20. The number of carbonyl (C=O) groups is 1. The molecule has 0 aromatic heterocycles. The van der Waals surface area contributed by atoms with Crippen molar-refractivity contribution < 1.29 is 13.9 Å². The zero-order valence-corrected chi connectivity index (χ0v) is 7.27. The number of hydrogen-bond donors (Lipinski definition) is 2. The van der Waals surface area contributed by atoms with Crippen LogP contribution < -0.4 is 11.1 Å². The van der Waals surface area contributed by atoms with Crippen LogP contribution in [0, 0.1) is 0 Å². The fraction of sp³-hybridized carbons (Fsp3) is 0.833. The van der Waals surface area contributed by atoms with E-state index in [1.54, 1.807) is 0 Å². The lowest BCUT2D eigenvalue weighted by Crippen LogP contribution is -2.44. The van der Waals surface area contributed by atoms with Gasteiger partial charge in [-0.2, -0.15) is 0 Å². The number of amides is 1. The van der Waals surface area contributed by atoms with Crippen molar-refractivity contribution in [2.75, 3.05) is 13.1 Å². The molecule has 72 valence electrons. The van der Waals surface area contributed by atoms with Crippen molar-refractivity contribution in [3.8, 4) is 0 Å². The molecule has 6 heteroatoms. The molecule has 0 aromatic carbocycles. The minimum absolute atomic E-state index is 0. The molecule has 0 bridgehead atoms. The molecule has 0 radical (unpaired) electrons. The van der Waals surface area contributed by atoms with Crippen molar-refractivity contribution in [1.29, 1.82) is 0 Å². The molecule has 3 N–H and O–H groups in total. The van der Waals surface area contributed by atoms with Crippen molar-refractivity contribution in [1.82, 2.24) is 5.32 Å². The molecular weight excluding hydrogens is 187 g/mol. The number of halogens is 2. The molecule has 1 rings (SSSR count). The summed E-state index contributed by atoms with van der Waals surface area (Å²) >= 11 is 0. The first kappa shape index (κ1) is 11.4. The molecular formula is C6H12ClFN2O2. The van der Waals surface area contributed by atoms with E-state index in [0.717, 1.165) is 0 Å². The molecule has 0 aromatic rings. The molecule has 0 spiro atoms. The number of nitrogens with two attached hydrogens (primary N) is 1. The van der Waals surface area contributed by atoms with E-state index in [2.05, 4.69) is 10.1 Å². The van der Waals surface area contributed by atoms with Crippen LogP contribution >= 0.6 is 12.4 Å². The largest absolute Gasteiger partial charge is 0.443 e. The Labute approximate surface area is 76.0 Å². The second-order valence-corrected chi connectivity index (χ2v) is 2.48. The first-order valence-electron chi connectivity index (χ1n) is 3.51. The van der Waals surface area contributed by atoms with E-state index in [1.807, 2.05) is 0 Å². The van der Waals surface area contributed by atoms with Crippen LogP contribution in [0.1, 0.15) is 6.42 Å². The van der Waals surface area contributed by atoms with Gasteiger partial charge in [-0.15, -0.1) is 12.4 Å². The van der Waals surface area contributed by atoms with Gasteiger partial charge in [-0.3, -0.25) is 0 Å². The van der Waals surface area contributed by atoms with Gasteiger partial charge in [0.05, 0.1) is 0 Å². The van der Waals surface area contributed by atoms with E-state index < -0.39 is 18.4 Å². The van der Waals surface area contributed by atoms with Crippen molar-refractivity contribution in [2.45, 2.75) is 18.7 Å². The summed E-state index contributed by atoms with van der Waals surface area (Å²) in [5, 5.41) is 2.83. The Balaban J connectivity index is 0.00000121. The van der Waals surface area contributed by atoms with E-state index in [-0.39, 0.29) is 19.0 Å². The summed E-state index contributed by atoms with van der Waals surface area (Å²) in [5.74, 6) is 0. The quantitative estimate of drug-likeness (QED) is 0.633. The summed E-state index contributed by atoms with van der Waals surface area (Å²) in [4.78, 5) is 10.2. The second-order valence-electron chi connectivity index (χ2n) is 2.48. The molecule has 2 atom stereocenters. The Morgan fingerprint density at radius 1 is 1.67 bits per heavy atom. The minimum atomic E-state index is -1.13. The van der Waals surface area contributed by atoms with Crippen LogP contribution in [0.2, 0.25) is 0 Å². The Morgan fingerprint density at radius 3 is 2.83 bits per heavy atom. The molecule has 1 aliphatic heterocycles. The number of hydrogen-bond acceptors (Lipinski definition) is 3. The van der Waals surface area contributed by atoms with Crippen LogP contribution in [0.15, 0.2) is 0 Å². The molecule has 1 aliphatic rings. The number of carbonyl (C=O) groups excluding carboxylic acids is 1. The predicted molar refractivity (Wildman–Crippen MR) is 44.1 cm³/mol. The van der Waals surface area contributed by atoms with Crippen LogP contribution in [-0.4, -0.2) is 31.5 Å². The third kappa shape index (κ3) is 3.23. The van der Waals surface area contributed by atoms with Gasteiger partial charge in [0.15, 0.2) is 0 Å². The lowest BCUT2D eigenvalue weighted by atomic mass is 10.1.